The highest BCUT2D eigenvalue weighted by Crippen LogP contribution is 2.14. The number of thiazole rings is 1. The summed E-state index contributed by atoms with van der Waals surface area (Å²) < 4.78 is 0. The van der Waals surface area contributed by atoms with Crippen molar-refractivity contribution in [1.82, 2.24) is 15.3 Å². The highest BCUT2D eigenvalue weighted by Gasteiger charge is 2.11. The van der Waals surface area contributed by atoms with Gasteiger partial charge < -0.3 is 15.7 Å². The number of hydrogen-bond donors (Lipinski definition) is 4. The number of carbonyl (C=O) groups is 1. The zero-order valence-corrected chi connectivity index (χ0v) is 11.0. The van der Waals surface area contributed by atoms with E-state index in [0.717, 1.165) is 17.0 Å². The molecule has 0 aliphatic carbocycles. The first kappa shape index (κ1) is 13.2. The second-order valence-electron chi connectivity index (χ2n) is 3.87. The molecule has 0 radical (unpaired) electrons. The van der Waals surface area contributed by atoms with Gasteiger partial charge in [-0.25, -0.2) is 0 Å². The number of aromatic amines is 1. The molecule has 0 saturated carbocycles. The second kappa shape index (κ2) is 5.63. The number of hydrazine groups is 1. The van der Waals surface area contributed by atoms with E-state index in [4.69, 9.17) is 5.84 Å². The van der Waals surface area contributed by atoms with Gasteiger partial charge in [0.05, 0.1) is 17.8 Å². The van der Waals surface area contributed by atoms with E-state index in [1.807, 2.05) is 0 Å². The minimum atomic E-state index is -0.313. The Balaban J connectivity index is 2.09. The molecule has 0 aliphatic heterocycles. The molecule has 0 fully saturated rings. The van der Waals surface area contributed by atoms with Crippen molar-refractivity contribution in [2.75, 3.05) is 5.43 Å². The third kappa shape index (κ3) is 3.18. The number of nitrogen functional groups attached to an aromatic ring is 1. The summed E-state index contributed by atoms with van der Waals surface area (Å²) in [6.45, 7) is 2.05. The minimum Gasteiger partial charge on any atom is -0.346 e. The van der Waals surface area contributed by atoms with E-state index >= 15 is 0 Å². The molecule has 100 valence electrons. The topological polar surface area (TPSA) is 113 Å². The lowest BCUT2D eigenvalue weighted by atomic mass is 10.2. The number of carbonyl (C=O) groups excluding carboxylic acids is 1. The number of pyridine rings is 1. The van der Waals surface area contributed by atoms with Crippen molar-refractivity contribution >= 4 is 22.9 Å². The van der Waals surface area contributed by atoms with Crippen molar-refractivity contribution in [1.29, 1.82) is 0 Å². The Morgan fingerprint density at radius 3 is 3.00 bits per heavy atom. The maximum Gasteiger partial charge on any atom is 0.304 e. The Morgan fingerprint density at radius 1 is 1.58 bits per heavy atom. The molecule has 2 aromatic rings. The van der Waals surface area contributed by atoms with Crippen LogP contribution in [0.1, 0.15) is 21.7 Å². The number of rotatable bonds is 4. The van der Waals surface area contributed by atoms with Crippen LogP contribution in [-0.2, 0) is 6.54 Å². The van der Waals surface area contributed by atoms with Crippen molar-refractivity contribution in [2.45, 2.75) is 13.5 Å². The molecular formula is C11H13N5O2S. The van der Waals surface area contributed by atoms with Crippen molar-refractivity contribution in [3.8, 4) is 0 Å². The van der Waals surface area contributed by atoms with E-state index in [1.54, 1.807) is 18.4 Å². The molecule has 2 heterocycles. The second-order valence-corrected chi connectivity index (χ2v) is 4.71. The average Bonchev–Trinajstić information content (AvgIpc) is 2.81. The molecule has 0 aromatic carbocycles. The maximum absolute atomic E-state index is 12.0. The Kier molecular flexibility index (Phi) is 3.93. The third-order valence-corrected chi connectivity index (χ3v) is 3.17. The number of nitrogens with one attached hydrogen (secondary N) is 3. The highest BCUT2D eigenvalue weighted by molar-refractivity contribution is 7.07. The van der Waals surface area contributed by atoms with Crippen LogP contribution < -0.4 is 21.5 Å². The van der Waals surface area contributed by atoms with E-state index in [1.165, 1.54) is 6.20 Å². The maximum atomic E-state index is 12.0. The fourth-order valence-electron chi connectivity index (χ4n) is 1.53. The minimum absolute atomic E-state index is 0.148. The third-order valence-electron chi connectivity index (χ3n) is 2.45. The molecule has 7 nitrogen and oxygen atoms in total. The number of amides is 1. The fraction of sp³-hybridized carbons (Fsp3) is 0.182. The zero-order valence-electron chi connectivity index (χ0n) is 10.2. The van der Waals surface area contributed by atoms with E-state index < -0.39 is 0 Å². The molecule has 0 atom stereocenters. The average molecular weight is 279 g/mol. The molecule has 0 bridgehead atoms. The summed E-state index contributed by atoms with van der Waals surface area (Å²) >= 11 is 1.05. The molecule has 1 amide bonds. The van der Waals surface area contributed by atoms with Crippen LogP contribution in [0.2, 0.25) is 0 Å². The van der Waals surface area contributed by atoms with Gasteiger partial charge in [0.15, 0.2) is 0 Å². The van der Waals surface area contributed by atoms with Gasteiger partial charge >= 0.3 is 4.87 Å². The smallest absolute Gasteiger partial charge is 0.304 e. The number of nitrogens with zero attached hydrogens (tertiary/aromatic N) is 1. The van der Waals surface area contributed by atoms with Crippen molar-refractivity contribution in [3.63, 3.8) is 0 Å². The predicted molar refractivity (Wildman–Crippen MR) is 72.9 cm³/mol. The summed E-state index contributed by atoms with van der Waals surface area (Å²) in [4.78, 5) is 29.5. The molecule has 2 rings (SSSR count). The first-order valence-corrected chi connectivity index (χ1v) is 6.36. The highest BCUT2D eigenvalue weighted by atomic mass is 32.1. The van der Waals surface area contributed by atoms with Crippen LogP contribution in [0.15, 0.2) is 22.4 Å². The number of aromatic nitrogens is 2. The molecule has 19 heavy (non-hydrogen) atoms. The summed E-state index contributed by atoms with van der Waals surface area (Å²) in [5.41, 5.74) is 4.73. The molecule has 2 aromatic heterocycles. The van der Waals surface area contributed by atoms with Gasteiger partial charge in [-0.2, -0.15) is 0 Å². The molecule has 5 N–H and O–H groups in total. The Hall–Kier alpha value is -2.19. The lowest BCUT2D eigenvalue weighted by Gasteiger charge is -2.09. The predicted octanol–water partition coefficient (Wildman–Crippen LogP) is 0.355. The zero-order chi connectivity index (χ0) is 13.8. The quantitative estimate of drug-likeness (QED) is 0.476. The summed E-state index contributed by atoms with van der Waals surface area (Å²) in [7, 11) is 0. The van der Waals surface area contributed by atoms with Crippen molar-refractivity contribution in [2.24, 2.45) is 5.84 Å². The lowest BCUT2D eigenvalue weighted by Crippen LogP contribution is -2.25. The van der Waals surface area contributed by atoms with Gasteiger partial charge in [-0.15, -0.1) is 0 Å². The normalized spacial score (nSPS) is 10.2. The molecule has 0 spiro atoms. The van der Waals surface area contributed by atoms with Crippen molar-refractivity contribution in [3.05, 3.63) is 44.3 Å². The molecule has 0 saturated heterocycles. The van der Waals surface area contributed by atoms with Gasteiger partial charge in [0.2, 0.25) is 0 Å². The standard InChI is InChI=1S/C11H13N5O2S/c1-6-2-9(16-12)8(4-13-6)10(17)14-3-7-5-19-11(18)15-7/h2,4-5H,3,12H2,1H3,(H,13,16)(H,14,17)(H,15,18). The van der Waals surface area contributed by atoms with Gasteiger partial charge in [0.1, 0.15) is 0 Å². The fourth-order valence-corrected chi connectivity index (χ4v) is 2.11. The van der Waals surface area contributed by atoms with E-state index in [2.05, 4.69) is 20.7 Å². The number of H-pyrrole nitrogens is 1. The Morgan fingerprint density at radius 2 is 2.37 bits per heavy atom. The number of nitrogens with two attached hydrogens (primary N) is 1. The number of anilines is 1. The lowest BCUT2D eigenvalue weighted by molar-refractivity contribution is 0.0951. The number of hydrogen-bond acceptors (Lipinski definition) is 6. The summed E-state index contributed by atoms with van der Waals surface area (Å²) in [5, 5.41) is 4.35. The van der Waals surface area contributed by atoms with Crippen LogP contribution >= 0.6 is 11.3 Å². The van der Waals surface area contributed by atoms with Gasteiger partial charge in [-0.3, -0.25) is 20.4 Å². The van der Waals surface area contributed by atoms with Crippen LogP contribution in [-0.4, -0.2) is 15.9 Å². The largest absolute Gasteiger partial charge is 0.346 e. The van der Waals surface area contributed by atoms with E-state index in [9.17, 15) is 9.59 Å². The van der Waals surface area contributed by atoms with Gasteiger partial charge in [0.25, 0.3) is 5.91 Å². The van der Waals surface area contributed by atoms with Gasteiger partial charge in [-0.05, 0) is 13.0 Å². The Labute approximate surface area is 112 Å². The molecule has 8 heteroatoms. The Bertz CT molecular complexity index is 649. The monoisotopic (exact) mass is 279 g/mol. The summed E-state index contributed by atoms with van der Waals surface area (Å²) in [5.74, 6) is 5.05. The first-order valence-electron chi connectivity index (χ1n) is 5.48. The first-order chi connectivity index (χ1) is 9.10. The summed E-state index contributed by atoms with van der Waals surface area (Å²) in [6.07, 6.45) is 1.45. The van der Waals surface area contributed by atoms with Crippen LogP contribution in [0.3, 0.4) is 0 Å². The van der Waals surface area contributed by atoms with Gasteiger partial charge in [-0.1, -0.05) is 11.3 Å². The van der Waals surface area contributed by atoms with Crippen LogP contribution in [0.4, 0.5) is 5.69 Å². The van der Waals surface area contributed by atoms with E-state index in [-0.39, 0.29) is 17.3 Å². The van der Waals surface area contributed by atoms with Crippen LogP contribution in [0.25, 0.3) is 0 Å². The molecule has 0 unspecified atom stereocenters. The SMILES string of the molecule is Cc1cc(NN)c(C(=O)NCc2csc(=O)[nH]2)cn1. The van der Waals surface area contributed by atoms with Crippen LogP contribution in [0, 0.1) is 6.92 Å². The molecular weight excluding hydrogens is 266 g/mol. The van der Waals surface area contributed by atoms with Crippen molar-refractivity contribution < 1.29 is 4.79 Å². The van der Waals surface area contributed by atoms with E-state index in [0.29, 0.717) is 16.9 Å². The van der Waals surface area contributed by atoms with Gasteiger partial charge in [0, 0.05) is 23.0 Å². The molecule has 0 aliphatic rings. The number of aryl methyl sites for hydroxylation is 1. The summed E-state index contributed by atoms with van der Waals surface area (Å²) in [6, 6.07) is 1.68. The van der Waals surface area contributed by atoms with Crippen LogP contribution in [0.5, 0.6) is 0 Å².